The van der Waals surface area contributed by atoms with Crippen LogP contribution in [0.5, 0.6) is 5.75 Å². The second-order valence-corrected chi connectivity index (χ2v) is 6.46. The van der Waals surface area contributed by atoms with Gasteiger partial charge >= 0.3 is 0 Å². The first-order valence-corrected chi connectivity index (χ1v) is 8.43. The summed E-state index contributed by atoms with van der Waals surface area (Å²) in [6.07, 6.45) is 1.97. The molecule has 0 aliphatic heterocycles. The number of rotatable bonds is 6. The molecule has 118 valence electrons. The molecule has 3 aromatic rings. The van der Waals surface area contributed by atoms with Crippen molar-refractivity contribution in [2.24, 2.45) is 0 Å². The van der Waals surface area contributed by atoms with Crippen LogP contribution in [0.4, 0.5) is 0 Å². The molecule has 0 atom stereocenters. The molecule has 23 heavy (non-hydrogen) atoms. The topological polar surface area (TPSA) is 34.1 Å². The molecular weight excluding hydrogens is 304 g/mol. The largest absolute Gasteiger partial charge is 0.496 e. The van der Waals surface area contributed by atoms with E-state index in [1.165, 1.54) is 16.0 Å². The predicted molar refractivity (Wildman–Crippen MR) is 95.8 cm³/mol. The van der Waals surface area contributed by atoms with Gasteiger partial charge in [0.2, 0.25) is 0 Å². The monoisotopic (exact) mass is 324 g/mol. The van der Waals surface area contributed by atoms with Crippen molar-refractivity contribution in [3.63, 3.8) is 0 Å². The fourth-order valence-electron chi connectivity index (χ4n) is 2.52. The lowest BCUT2D eigenvalue weighted by molar-refractivity contribution is 0.407. The second-order valence-electron chi connectivity index (χ2n) is 5.35. The van der Waals surface area contributed by atoms with Gasteiger partial charge in [-0.25, -0.2) is 4.98 Å². The number of benzene rings is 2. The van der Waals surface area contributed by atoms with Crippen LogP contribution < -0.4 is 10.1 Å². The normalized spacial score (nSPS) is 10.7. The Kier molecular flexibility index (Phi) is 5.05. The minimum Gasteiger partial charge on any atom is -0.496 e. The van der Waals surface area contributed by atoms with Crippen LogP contribution in [0.3, 0.4) is 0 Å². The average Bonchev–Trinajstić information content (AvgIpc) is 3.04. The minimum absolute atomic E-state index is 0.759. The van der Waals surface area contributed by atoms with Crippen molar-refractivity contribution in [2.75, 3.05) is 7.11 Å². The number of thiazole rings is 1. The summed E-state index contributed by atoms with van der Waals surface area (Å²) in [6.45, 7) is 3.66. The molecule has 0 bridgehead atoms. The van der Waals surface area contributed by atoms with E-state index in [1.807, 2.05) is 24.4 Å². The smallest absolute Gasteiger partial charge is 0.123 e. The second kappa shape index (κ2) is 7.40. The van der Waals surface area contributed by atoms with E-state index < -0.39 is 0 Å². The minimum atomic E-state index is 0.759. The highest BCUT2D eigenvalue weighted by molar-refractivity contribution is 7.15. The molecule has 1 heterocycles. The SMILES string of the molecule is COc1ccccc1CNCc1ncc(-c2ccccc2C)s1. The Balaban J connectivity index is 1.63. The van der Waals surface area contributed by atoms with E-state index >= 15 is 0 Å². The van der Waals surface area contributed by atoms with Crippen molar-refractivity contribution in [3.8, 4) is 16.2 Å². The van der Waals surface area contributed by atoms with Crippen molar-refractivity contribution in [2.45, 2.75) is 20.0 Å². The summed E-state index contributed by atoms with van der Waals surface area (Å²) < 4.78 is 5.37. The Morgan fingerprint density at radius 2 is 1.83 bits per heavy atom. The molecule has 0 saturated carbocycles. The van der Waals surface area contributed by atoms with Gasteiger partial charge in [-0.2, -0.15) is 0 Å². The maximum Gasteiger partial charge on any atom is 0.123 e. The maximum absolute atomic E-state index is 5.37. The molecule has 1 N–H and O–H groups in total. The van der Waals surface area contributed by atoms with E-state index in [2.05, 4.69) is 47.6 Å². The Bertz CT molecular complexity index is 782. The summed E-state index contributed by atoms with van der Waals surface area (Å²) in [7, 11) is 1.70. The quantitative estimate of drug-likeness (QED) is 0.729. The first-order chi connectivity index (χ1) is 11.3. The van der Waals surface area contributed by atoms with Crippen molar-refractivity contribution in [1.29, 1.82) is 0 Å². The van der Waals surface area contributed by atoms with Crippen LogP contribution in [0, 0.1) is 6.92 Å². The summed E-state index contributed by atoms with van der Waals surface area (Å²) in [5.41, 5.74) is 3.70. The third-order valence-electron chi connectivity index (χ3n) is 3.75. The molecule has 0 aliphatic rings. The number of hydrogen-bond donors (Lipinski definition) is 1. The van der Waals surface area contributed by atoms with Crippen LogP contribution in [-0.2, 0) is 13.1 Å². The van der Waals surface area contributed by atoms with Crippen molar-refractivity contribution in [3.05, 3.63) is 70.9 Å². The van der Waals surface area contributed by atoms with E-state index in [0.29, 0.717) is 0 Å². The number of nitrogens with zero attached hydrogens (tertiary/aromatic N) is 1. The Hall–Kier alpha value is -2.17. The number of para-hydroxylation sites is 1. The van der Waals surface area contributed by atoms with Gasteiger partial charge in [-0.05, 0) is 24.1 Å². The van der Waals surface area contributed by atoms with Gasteiger partial charge in [0.1, 0.15) is 10.8 Å². The van der Waals surface area contributed by atoms with Gasteiger partial charge in [0.05, 0.1) is 12.0 Å². The van der Waals surface area contributed by atoms with E-state index in [4.69, 9.17) is 4.74 Å². The zero-order chi connectivity index (χ0) is 16.1. The fourth-order valence-corrected chi connectivity index (χ4v) is 3.50. The van der Waals surface area contributed by atoms with Crippen molar-refractivity contribution >= 4 is 11.3 Å². The van der Waals surface area contributed by atoms with Crippen LogP contribution >= 0.6 is 11.3 Å². The molecule has 3 rings (SSSR count). The van der Waals surface area contributed by atoms with Crippen LogP contribution in [0.1, 0.15) is 16.1 Å². The summed E-state index contributed by atoms with van der Waals surface area (Å²) in [4.78, 5) is 5.75. The number of aromatic nitrogens is 1. The molecule has 0 fully saturated rings. The summed E-state index contributed by atoms with van der Waals surface area (Å²) >= 11 is 1.74. The molecule has 0 aliphatic carbocycles. The van der Waals surface area contributed by atoms with Crippen LogP contribution in [-0.4, -0.2) is 12.1 Å². The third-order valence-corrected chi connectivity index (χ3v) is 4.78. The summed E-state index contributed by atoms with van der Waals surface area (Å²) in [6, 6.07) is 16.5. The first kappa shape index (κ1) is 15.7. The van der Waals surface area contributed by atoms with Gasteiger partial charge in [-0.1, -0.05) is 42.5 Å². The first-order valence-electron chi connectivity index (χ1n) is 7.61. The van der Waals surface area contributed by atoms with Gasteiger partial charge in [-0.3, -0.25) is 0 Å². The fraction of sp³-hybridized carbons (Fsp3) is 0.211. The van der Waals surface area contributed by atoms with E-state index in [-0.39, 0.29) is 0 Å². The van der Waals surface area contributed by atoms with Crippen LogP contribution in [0.15, 0.2) is 54.7 Å². The van der Waals surface area contributed by atoms with Crippen molar-refractivity contribution in [1.82, 2.24) is 10.3 Å². The van der Waals surface area contributed by atoms with Gasteiger partial charge in [0, 0.05) is 24.8 Å². The highest BCUT2D eigenvalue weighted by atomic mass is 32.1. The average molecular weight is 324 g/mol. The molecule has 3 nitrogen and oxygen atoms in total. The molecule has 0 amide bonds. The lowest BCUT2D eigenvalue weighted by atomic mass is 10.1. The van der Waals surface area contributed by atoms with Crippen LogP contribution in [0.25, 0.3) is 10.4 Å². The van der Waals surface area contributed by atoms with Gasteiger partial charge < -0.3 is 10.1 Å². The molecule has 0 saturated heterocycles. The Morgan fingerprint density at radius 1 is 1.04 bits per heavy atom. The summed E-state index contributed by atoms with van der Waals surface area (Å²) in [5, 5.41) is 4.54. The molecule has 1 aromatic heterocycles. The van der Waals surface area contributed by atoms with Gasteiger partial charge in [-0.15, -0.1) is 11.3 Å². The Morgan fingerprint density at radius 3 is 2.65 bits per heavy atom. The van der Waals surface area contributed by atoms with Gasteiger partial charge in [0.25, 0.3) is 0 Å². The lowest BCUT2D eigenvalue weighted by Crippen LogP contribution is -2.13. The van der Waals surface area contributed by atoms with E-state index in [0.717, 1.165) is 29.4 Å². The zero-order valence-electron chi connectivity index (χ0n) is 13.4. The number of methoxy groups -OCH3 is 1. The highest BCUT2D eigenvalue weighted by Gasteiger charge is 2.07. The Labute approximate surface area is 141 Å². The number of hydrogen-bond acceptors (Lipinski definition) is 4. The predicted octanol–water partition coefficient (Wildman–Crippen LogP) is 4.42. The third kappa shape index (κ3) is 3.78. The maximum atomic E-state index is 5.37. The number of aryl methyl sites for hydroxylation is 1. The number of ether oxygens (including phenoxy) is 1. The molecule has 4 heteroatoms. The molecule has 0 unspecified atom stereocenters. The molecular formula is C19H20N2OS. The van der Waals surface area contributed by atoms with Crippen LogP contribution in [0.2, 0.25) is 0 Å². The van der Waals surface area contributed by atoms with E-state index in [9.17, 15) is 0 Å². The number of nitrogens with one attached hydrogen (secondary N) is 1. The highest BCUT2D eigenvalue weighted by Crippen LogP contribution is 2.28. The van der Waals surface area contributed by atoms with Gasteiger partial charge in [0.15, 0.2) is 0 Å². The molecule has 0 radical (unpaired) electrons. The molecule has 0 spiro atoms. The summed E-state index contributed by atoms with van der Waals surface area (Å²) in [5.74, 6) is 0.916. The van der Waals surface area contributed by atoms with Crippen molar-refractivity contribution < 1.29 is 4.74 Å². The zero-order valence-corrected chi connectivity index (χ0v) is 14.2. The van der Waals surface area contributed by atoms with E-state index in [1.54, 1.807) is 18.4 Å². The molecule has 2 aromatic carbocycles. The lowest BCUT2D eigenvalue weighted by Gasteiger charge is -2.08. The standard InChI is InChI=1S/C19H20N2OS/c1-14-7-3-5-9-16(14)18-12-21-19(23-18)13-20-11-15-8-4-6-10-17(15)22-2/h3-10,12,20H,11,13H2,1-2H3.